The van der Waals surface area contributed by atoms with Crippen LogP contribution in [0.5, 0.6) is 0 Å². The van der Waals surface area contributed by atoms with Crippen LogP contribution in [0.3, 0.4) is 0 Å². The fraction of sp³-hybridized carbons (Fsp3) is 0.951. The Kier molecular flexibility index (Phi) is 54.0. The third kappa shape index (κ3) is 55.2. The number of esters is 3. The standard InChI is InChI=1S/C61H118O6/c1-5-7-9-11-13-15-16-17-18-19-20-24-27-30-33-37-41-45-49-53-60(63)66-56-58(55-65-59(62)52-48-44-40-35-14-12-10-8-6-2)67-61(64)54-50-46-42-38-34-31-28-25-22-21-23-26-29-32-36-39-43-47-51-57(3)4/h57-58H,5-56H2,1-4H3/t58-/m1/s1. The van der Waals surface area contributed by atoms with E-state index >= 15 is 0 Å². The van der Waals surface area contributed by atoms with Crippen LogP contribution in [0.15, 0.2) is 0 Å². The van der Waals surface area contributed by atoms with Gasteiger partial charge in [-0.3, -0.25) is 14.4 Å². The second-order valence-electron chi connectivity index (χ2n) is 21.5. The molecule has 0 radical (unpaired) electrons. The van der Waals surface area contributed by atoms with Crippen LogP contribution in [-0.2, 0) is 28.6 Å². The second-order valence-corrected chi connectivity index (χ2v) is 21.5. The number of rotatable bonds is 56. The Morgan fingerprint density at radius 3 is 0.731 bits per heavy atom. The van der Waals surface area contributed by atoms with Gasteiger partial charge in [0.25, 0.3) is 0 Å². The largest absolute Gasteiger partial charge is 0.462 e. The number of hydrogen-bond acceptors (Lipinski definition) is 6. The lowest BCUT2D eigenvalue weighted by Gasteiger charge is -2.18. The fourth-order valence-electron chi connectivity index (χ4n) is 9.46. The molecule has 0 rings (SSSR count). The molecule has 0 spiro atoms. The molecule has 0 saturated carbocycles. The summed E-state index contributed by atoms with van der Waals surface area (Å²) in [5.41, 5.74) is 0. The van der Waals surface area contributed by atoms with Gasteiger partial charge in [0.1, 0.15) is 13.2 Å². The molecule has 0 aromatic heterocycles. The van der Waals surface area contributed by atoms with Crippen molar-refractivity contribution in [1.82, 2.24) is 0 Å². The Hall–Kier alpha value is -1.59. The highest BCUT2D eigenvalue weighted by atomic mass is 16.6. The summed E-state index contributed by atoms with van der Waals surface area (Å²) in [6.07, 6.45) is 61.1. The highest BCUT2D eigenvalue weighted by Gasteiger charge is 2.19. The molecule has 0 aromatic carbocycles. The summed E-state index contributed by atoms with van der Waals surface area (Å²) in [7, 11) is 0. The van der Waals surface area contributed by atoms with Crippen LogP contribution in [0, 0.1) is 5.92 Å². The maximum absolute atomic E-state index is 12.9. The van der Waals surface area contributed by atoms with Gasteiger partial charge in [-0.1, -0.05) is 310 Å². The van der Waals surface area contributed by atoms with Gasteiger partial charge >= 0.3 is 17.9 Å². The molecule has 0 unspecified atom stereocenters. The van der Waals surface area contributed by atoms with E-state index in [4.69, 9.17) is 14.2 Å². The van der Waals surface area contributed by atoms with Crippen molar-refractivity contribution in [3.8, 4) is 0 Å². The predicted octanol–water partition coefficient (Wildman–Crippen LogP) is 20.2. The van der Waals surface area contributed by atoms with Crippen LogP contribution in [-0.4, -0.2) is 37.2 Å². The second kappa shape index (κ2) is 55.3. The van der Waals surface area contributed by atoms with Gasteiger partial charge in [0, 0.05) is 19.3 Å². The summed E-state index contributed by atoms with van der Waals surface area (Å²) in [6.45, 7) is 9.07. The Morgan fingerprint density at radius 2 is 0.493 bits per heavy atom. The van der Waals surface area contributed by atoms with E-state index < -0.39 is 6.10 Å². The lowest BCUT2D eigenvalue weighted by atomic mass is 10.0. The number of unbranched alkanes of at least 4 members (excludes halogenated alkanes) is 43. The molecule has 0 heterocycles. The van der Waals surface area contributed by atoms with Gasteiger partial charge in [-0.25, -0.2) is 0 Å². The summed E-state index contributed by atoms with van der Waals surface area (Å²) in [5, 5.41) is 0. The van der Waals surface area contributed by atoms with Crippen molar-refractivity contribution >= 4 is 17.9 Å². The van der Waals surface area contributed by atoms with Crippen LogP contribution in [0.1, 0.15) is 349 Å². The average molecular weight is 948 g/mol. The topological polar surface area (TPSA) is 78.9 Å². The molecule has 0 bridgehead atoms. The van der Waals surface area contributed by atoms with E-state index in [1.54, 1.807) is 0 Å². The zero-order valence-electron chi connectivity index (χ0n) is 45.9. The van der Waals surface area contributed by atoms with Gasteiger partial charge < -0.3 is 14.2 Å². The summed E-state index contributed by atoms with van der Waals surface area (Å²) >= 11 is 0. The third-order valence-electron chi connectivity index (χ3n) is 14.0. The molecule has 0 fully saturated rings. The number of carbonyl (C=O) groups is 3. The zero-order valence-corrected chi connectivity index (χ0v) is 45.9. The average Bonchev–Trinajstić information content (AvgIpc) is 3.31. The highest BCUT2D eigenvalue weighted by Crippen LogP contribution is 2.18. The number of ether oxygens (including phenoxy) is 3. The highest BCUT2D eigenvalue weighted by molar-refractivity contribution is 5.71. The minimum Gasteiger partial charge on any atom is -0.462 e. The van der Waals surface area contributed by atoms with Crippen LogP contribution in [0.25, 0.3) is 0 Å². The first-order valence-electron chi connectivity index (χ1n) is 30.4. The lowest BCUT2D eigenvalue weighted by molar-refractivity contribution is -0.167. The van der Waals surface area contributed by atoms with Gasteiger partial charge in [-0.15, -0.1) is 0 Å². The molecule has 0 aromatic rings. The lowest BCUT2D eigenvalue weighted by Crippen LogP contribution is -2.30. The minimum absolute atomic E-state index is 0.0617. The van der Waals surface area contributed by atoms with Gasteiger partial charge in [-0.05, 0) is 25.2 Å². The van der Waals surface area contributed by atoms with E-state index in [1.165, 1.54) is 244 Å². The van der Waals surface area contributed by atoms with E-state index in [0.717, 1.165) is 63.7 Å². The van der Waals surface area contributed by atoms with Gasteiger partial charge in [-0.2, -0.15) is 0 Å². The molecule has 0 aliphatic heterocycles. The Bertz CT molecular complexity index is 1010. The van der Waals surface area contributed by atoms with E-state index in [0.29, 0.717) is 19.3 Å². The van der Waals surface area contributed by atoms with Gasteiger partial charge in [0.15, 0.2) is 6.10 Å². The molecule has 1 atom stereocenters. The molecule has 67 heavy (non-hydrogen) atoms. The molecule has 0 saturated heterocycles. The van der Waals surface area contributed by atoms with Crippen molar-refractivity contribution in [1.29, 1.82) is 0 Å². The molecule has 6 nitrogen and oxygen atoms in total. The van der Waals surface area contributed by atoms with Crippen LogP contribution < -0.4 is 0 Å². The van der Waals surface area contributed by atoms with E-state index in [-0.39, 0.29) is 31.1 Å². The van der Waals surface area contributed by atoms with E-state index in [1.807, 2.05) is 0 Å². The molecule has 0 amide bonds. The molecule has 0 aliphatic rings. The number of carbonyl (C=O) groups excluding carboxylic acids is 3. The van der Waals surface area contributed by atoms with Crippen LogP contribution in [0.4, 0.5) is 0 Å². The van der Waals surface area contributed by atoms with E-state index in [2.05, 4.69) is 27.7 Å². The predicted molar refractivity (Wildman–Crippen MR) is 289 cm³/mol. The zero-order chi connectivity index (χ0) is 48.8. The molecular formula is C61H118O6. The van der Waals surface area contributed by atoms with Crippen LogP contribution in [0.2, 0.25) is 0 Å². The summed E-state index contributed by atoms with van der Waals surface area (Å²) in [4.78, 5) is 38.1. The molecule has 398 valence electrons. The quantitative estimate of drug-likeness (QED) is 0.0343. The smallest absolute Gasteiger partial charge is 0.306 e. The molecule has 6 heteroatoms. The van der Waals surface area contributed by atoms with Gasteiger partial charge in [0.2, 0.25) is 0 Å². The third-order valence-corrected chi connectivity index (χ3v) is 14.0. The SMILES string of the molecule is CCCCCCCCCCCCCCCCCCCCCC(=O)OC[C@@H](COC(=O)CCCCCCCCCCC)OC(=O)CCCCCCCCCCCCCCCCCCCCC(C)C. The van der Waals surface area contributed by atoms with Crippen molar-refractivity contribution in [2.75, 3.05) is 13.2 Å². The van der Waals surface area contributed by atoms with Crippen LogP contribution >= 0.6 is 0 Å². The maximum Gasteiger partial charge on any atom is 0.306 e. The summed E-state index contributed by atoms with van der Waals surface area (Å²) in [5.74, 6) is 0.0225. The first-order valence-corrected chi connectivity index (χ1v) is 30.4. The first-order chi connectivity index (χ1) is 32.9. The minimum atomic E-state index is -0.761. The van der Waals surface area contributed by atoms with Gasteiger partial charge in [0.05, 0.1) is 0 Å². The Balaban J connectivity index is 4.17. The fourth-order valence-corrected chi connectivity index (χ4v) is 9.46. The molecular weight excluding hydrogens is 829 g/mol. The normalized spacial score (nSPS) is 12.0. The summed E-state index contributed by atoms with van der Waals surface area (Å²) in [6, 6.07) is 0. The van der Waals surface area contributed by atoms with Crippen molar-refractivity contribution in [2.24, 2.45) is 5.92 Å². The summed E-state index contributed by atoms with van der Waals surface area (Å²) < 4.78 is 16.9. The van der Waals surface area contributed by atoms with Crippen molar-refractivity contribution in [2.45, 2.75) is 355 Å². The Labute approximate surface area is 418 Å². The maximum atomic E-state index is 12.9. The van der Waals surface area contributed by atoms with Crippen molar-refractivity contribution < 1.29 is 28.6 Å². The first kappa shape index (κ1) is 65.4. The molecule has 0 N–H and O–H groups in total. The Morgan fingerprint density at radius 1 is 0.284 bits per heavy atom. The molecule has 0 aliphatic carbocycles. The van der Waals surface area contributed by atoms with Crippen molar-refractivity contribution in [3.05, 3.63) is 0 Å². The number of hydrogen-bond donors (Lipinski definition) is 0. The monoisotopic (exact) mass is 947 g/mol. The van der Waals surface area contributed by atoms with E-state index in [9.17, 15) is 14.4 Å². The van der Waals surface area contributed by atoms with Crippen molar-refractivity contribution in [3.63, 3.8) is 0 Å².